The van der Waals surface area contributed by atoms with Crippen molar-refractivity contribution >= 4 is 25.7 Å². The maximum atomic E-state index is 12.7. The molecule has 0 saturated carbocycles. The highest BCUT2D eigenvalue weighted by molar-refractivity contribution is 8.13. The minimum atomic E-state index is -4.43. The highest BCUT2D eigenvalue weighted by Gasteiger charge is 2.23. The van der Waals surface area contributed by atoms with E-state index in [4.69, 9.17) is 15.8 Å². The fourth-order valence-corrected chi connectivity index (χ4v) is 1.93. The van der Waals surface area contributed by atoms with Gasteiger partial charge < -0.3 is 5.11 Å². The Morgan fingerprint density at radius 1 is 1.27 bits per heavy atom. The van der Waals surface area contributed by atoms with Crippen LogP contribution in [-0.2, 0) is 9.05 Å². The molecule has 0 heterocycles. The van der Waals surface area contributed by atoms with Crippen molar-refractivity contribution in [2.75, 3.05) is 0 Å². The van der Waals surface area contributed by atoms with E-state index >= 15 is 0 Å². The third-order valence-electron chi connectivity index (χ3n) is 1.52. The molecule has 0 spiro atoms. The number of hydrogen-bond donors (Lipinski definition) is 1. The van der Waals surface area contributed by atoms with Gasteiger partial charge in [0.15, 0.2) is 11.6 Å². The van der Waals surface area contributed by atoms with Crippen molar-refractivity contribution in [1.82, 2.24) is 0 Å². The lowest BCUT2D eigenvalue weighted by Crippen LogP contribution is -2.07. The molecular weight excluding hydrogens is 254 g/mol. The molecule has 0 aliphatic carbocycles. The Labute approximate surface area is 87.5 Å². The van der Waals surface area contributed by atoms with Crippen LogP contribution in [-0.4, -0.2) is 19.5 Å². The molecule has 1 aromatic rings. The van der Waals surface area contributed by atoms with Crippen LogP contribution >= 0.6 is 10.7 Å². The third-order valence-corrected chi connectivity index (χ3v) is 2.88. The summed E-state index contributed by atoms with van der Waals surface area (Å²) in [6, 6.07) is 0.480. The summed E-state index contributed by atoms with van der Waals surface area (Å²) in [4.78, 5) is 9.54. The Morgan fingerprint density at radius 2 is 1.73 bits per heavy atom. The van der Waals surface area contributed by atoms with Gasteiger partial charge in [0.1, 0.15) is 0 Å². The minimum absolute atomic E-state index is 0.223. The molecule has 0 amide bonds. The van der Waals surface area contributed by atoms with E-state index in [9.17, 15) is 22.0 Å². The van der Waals surface area contributed by atoms with E-state index in [1.807, 2.05) is 0 Å². The van der Waals surface area contributed by atoms with E-state index in [-0.39, 0.29) is 12.1 Å². The molecular formula is C7H3ClF2O4S. The number of halogens is 3. The summed E-state index contributed by atoms with van der Waals surface area (Å²) >= 11 is 0. The number of rotatable bonds is 2. The summed E-state index contributed by atoms with van der Waals surface area (Å²) in [5.41, 5.74) is -0.913. The van der Waals surface area contributed by atoms with E-state index in [1.165, 1.54) is 0 Å². The molecule has 1 aromatic carbocycles. The molecule has 0 bridgehead atoms. The SMILES string of the molecule is O=C(O)c1cc(F)c(F)cc1S(=O)(=O)Cl. The van der Waals surface area contributed by atoms with Crippen LogP contribution in [0.5, 0.6) is 0 Å². The smallest absolute Gasteiger partial charge is 0.337 e. The van der Waals surface area contributed by atoms with Gasteiger partial charge in [-0.05, 0) is 12.1 Å². The molecule has 0 radical (unpaired) electrons. The molecule has 0 aromatic heterocycles. The Kier molecular flexibility index (Phi) is 2.96. The molecule has 0 unspecified atom stereocenters. The fourth-order valence-electron chi connectivity index (χ4n) is 0.897. The summed E-state index contributed by atoms with van der Waals surface area (Å²) in [7, 11) is 0.419. The second-order valence-electron chi connectivity index (χ2n) is 2.51. The Bertz CT molecular complexity index is 526. The summed E-state index contributed by atoms with van der Waals surface area (Å²) in [6.45, 7) is 0. The first kappa shape index (κ1) is 11.9. The lowest BCUT2D eigenvalue weighted by Gasteiger charge is -2.02. The predicted molar refractivity (Wildman–Crippen MR) is 46.4 cm³/mol. The molecule has 0 saturated heterocycles. The fraction of sp³-hybridized carbons (Fsp3) is 0. The average Bonchev–Trinajstić information content (AvgIpc) is 2.06. The molecule has 4 nitrogen and oxygen atoms in total. The zero-order valence-corrected chi connectivity index (χ0v) is 8.44. The minimum Gasteiger partial charge on any atom is -0.478 e. The number of hydrogen-bond acceptors (Lipinski definition) is 3. The van der Waals surface area contributed by atoms with Crippen LogP contribution in [0.2, 0.25) is 0 Å². The maximum Gasteiger partial charge on any atom is 0.337 e. The van der Waals surface area contributed by atoms with Gasteiger partial charge in [0.2, 0.25) is 0 Å². The second kappa shape index (κ2) is 3.74. The maximum absolute atomic E-state index is 12.7. The molecule has 8 heteroatoms. The normalized spacial score (nSPS) is 11.4. The zero-order valence-electron chi connectivity index (χ0n) is 6.87. The summed E-state index contributed by atoms with van der Waals surface area (Å²) in [6.07, 6.45) is 0. The average molecular weight is 257 g/mol. The topological polar surface area (TPSA) is 71.4 Å². The summed E-state index contributed by atoms with van der Waals surface area (Å²) in [5, 5.41) is 8.53. The quantitative estimate of drug-likeness (QED) is 0.816. The van der Waals surface area contributed by atoms with Crippen molar-refractivity contribution in [2.24, 2.45) is 0 Å². The molecule has 1 N–H and O–H groups in total. The van der Waals surface area contributed by atoms with Crippen LogP contribution < -0.4 is 0 Å². The highest BCUT2D eigenvalue weighted by atomic mass is 35.7. The van der Waals surface area contributed by atoms with Crippen molar-refractivity contribution in [3.8, 4) is 0 Å². The van der Waals surface area contributed by atoms with Gasteiger partial charge in [-0.25, -0.2) is 22.0 Å². The van der Waals surface area contributed by atoms with Gasteiger partial charge in [-0.2, -0.15) is 0 Å². The summed E-state index contributed by atoms with van der Waals surface area (Å²) in [5.74, 6) is -4.66. The van der Waals surface area contributed by atoms with Gasteiger partial charge in [0.05, 0.1) is 10.5 Å². The van der Waals surface area contributed by atoms with Crippen molar-refractivity contribution in [2.45, 2.75) is 4.90 Å². The van der Waals surface area contributed by atoms with Crippen molar-refractivity contribution < 1.29 is 27.1 Å². The van der Waals surface area contributed by atoms with Crippen molar-refractivity contribution in [3.05, 3.63) is 29.3 Å². The molecule has 0 fully saturated rings. The van der Waals surface area contributed by atoms with E-state index in [1.54, 1.807) is 0 Å². The number of carbonyl (C=O) groups is 1. The molecule has 0 aliphatic rings. The van der Waals surface area contributed by atoms with E-state index in [0.717, 1.165) is 0 Å². The van der Waals surface area contributed by atoms with Gasteiger partial charge in [0, 0.05) is 10.7 Å². The van der Waals surface area contributed by atoms with Crippen molar-refractivity contribution in [1.29, 1.82) is 0 Å². The summed E-state index contributed by atoms with van der Waals surface area (Å²) < 4.78 is 47.0. The van der Waals surface area contributed by atoms with Crippen LogP contribution in [0.15, 0.2) is 17.0 Å². The zero-order chi connectivity index (χ0) is 11.8. The van der Waals surface area contributed by atoms with Crippen molar-refractivity contribution in [3.63, 3.8) is 0 Å². The van der Waals surface area contributed by atoms with E-state index in [2.05, 4.69) is 0 Å². The number of benzene rings is 1. The molecule has 0 aliphatic heterocycles. The lowest BCUT2D eigenvalue weighted by molar-refractivity contribution is 0.0692. The Morgan fingerprint density at radius 3 is 2.13 bits per heavy atom. The van der Waals surface area contributed by atoms with Gasteiger partial charge >= 0.3 is 5.97 Å². The Balaban J connectivity index is 3.64. The van der Waals surface area contributed by atoms with Crippen LogP contribution in [0.25, 0.3) is 0 Å². The molecule has 15 heavy (non-hydrogen) atoms. The monoisotopic (exact) mass is 256 g/mol. The predicted octanol–water partition coefficient (Wildman–Crippen LogP) is 1.59. The van der Waals surface area contributed by atoms with Crippen LogP contribution in [0.4, 0.5) is 8.78 Å². The molecule has 0 atom stereocenters. The highest BCUT2D eigenvalue weighted by Crippen LogP contribution is 2.23. The standard InChI is InChI=1S/C7H3ClF2O4S/c8-15(13,14)6-2-5(10)4(9)1-3(6)7(11)12/h1-2H,(H,11,12). The second-order valence-corrected chi connectivity index (χ2v) is 5.04. The number of carboxylic acids is 1. The first-order valence-corrected chi connectivity index (χ1v) is 5.71. The largest absolute Gasteiger partial charge is 0.478 e. The van der Waals surface area contributed by atoms with Crippen LogP contribution in [0.3, 0.4) is 0 Å². The first-order valence-electron chi connectivity index (χ1n) is 3.40. The van der Waals surface area contributed by atoms with Crippen LogP contribution in [0.1, 0.15) is 10.4 Å². The van der Waals surface area contributed by atoms with Gasteiger partial charge in [-0.1, -0.05) is 0 Å². The van der Waals surface area contributed by atoms with E-state index in [0.29, 0.717) is 0 Å². The van der Waals surface area contributed by atoms with Crippen LogP contribution in [0, 0.1) is 11.6 Å². The number of aromatic carboxylic acids is 1. The Hall–Kier alpha value is -1.21. The van der Waals surface area contributed by atoms with E-state index < -0.39 is 37.1 Å². The number of carboxylic acid groups (broad SMARTS) is 1. The molecule has 82 valence electrons. The lowest BCUT2D eigenvalue weighted by atomic mass is 10.2. The van der Waals surface area contributed by atoms with Gasteiger partial charge in [0.25, 0.3) is 9.05 Å². The molecule has 1 rings (SSSR count). The first-order chi connectivity index (χ1) is 6.73. The third kappa shape index (κ3) is 2.42. The van der Waals surface area contributed by atoms with Gasteiger partial charge in [-0.15, -0.1) is 0 Å². The van der Waals surface area contributed by atoms with Gasteiger partial charge in [-0.3, -0.25) is 0 Å².